The molecule has 6 rings (SSSR count). The number of benzene rings is 4. The number of nitrogens with two attached hydrogens (primary N) is 1. The number of ether oxygens (including phenoxy) is 1. The lowest BCUT2D eigenvalue weighted by Gasteiger charge is -2.34. The molecule has 0 bridgehead atoms. The zero-order valence-corrected chi connectivity index (χ0v) is 24.1. The van der Waals surface area contributed by atoms with Gasteiger partial charge in [0.1, 0.15) is 23.0 Å². The van der Waals surface area contributed by atoms with Crippen LogP contribution in [-0.2, 0) is 0 Å². The fourth-order valence-corrected chi connectivity index (χ4v) is 5.79. The smallest absolute Gasteiger partial charge is 0.255 e. The molecule has 0 atom stereocenters. The first kappa shape index (κ1) is 27.5. The Morgan fingerprint density at radius 1 is 0.976 bits per heavy atom. The molecule has 4 aromatic carbocycles. The van der Waals surface area contributed by atoms with Gasteiger partial charge in [0.05, 0.1) is 5.56 Å². The second-order valence-corrected chi connectivity index (χ2v) is 11.3. The lowest BCUT2D eigenvalue weighted by atomic mass is 9.95. The summed E-state index contributed by atoms with van der Waals surface area (Å²) in [6.45, 7) is 8.44. The Labute approximate surface area is 245 Å². The van der Waals surface area contributed by atoms with E-state index in [1.807, 2.05) is 73.7 Å². The number of piperidine rings is 1. The summed E-state index contributed by atoms with van der Waals surface area (Å²) in [7, 11) is 0. The molecule has 1 aromatic heterocycles. The minimum absolute atomic E-state index is 0.147. The molecule has 7 nitrogen and oxygen atoms in total. The Kier molecular flexibility index (Phi) is 7.43. The Morgan fingerprint density at radius 3 is 2.52 bits per heavy atom. The van der Waals surface area contributed by atoms with E-state index in [0.29, 0.717) is 39.8 Å². The number of para-hydroxylation sites is 1. The molecule has 1 aliphatic heterocycles. The monoisotopic (exact) mass is 561 g/mol. The van der Waals surface area contributed by atoms with Gasteiger partial charge in [-0.05, 0) is 86.7 Å². The van der Waals surface area contributed by atoms with Crippen molar-refractivity contribution in [1.82, 2.24) is 4.90 Å². The molecule has 2 amide bonds. The Balaban J connectivity index is 1.26. The number of carbonyl (C=O) groups excluding carboxylic acids is 2. The second kappa shape index (κ2) is 11.3. The summed E-state index contributed by atoms with van der Waals surface area (Å²) in [5, 5.41) is 4.80. The molecule has 0 radical (unpaired) electrons. The van der Waals surface area contributed by atoms with Crippen LogP contribution in [0.15, 0.2) is 83.3 Å². The number of anilines is 1. The van der Waals surface area contributed by atoms with Gasteiger partial charge in [-0.25, -0.2) is 0 Å². The Bertz CT molecular complexity index is 1800. The number of nitrogens with one attached hydrogen (secondary N) is 1. The average molecular weight is 562 g/mol. The summed E-state index contributed by atoms with van der Waals surface area (Å²) in [6, 6.07) is 25.1. The maximum atomic E-state index is 13.4. The first-order valence-electron chi connectivity index (χ1n) is 14.5. The van der Waals surface area contributed by atoms with Gasteiger partial charge in [-0.3, -0.25) is 9.59 Å². The van der Waals surface area contributed by atoms with E-state index in [2.05, 4.69) is 24.1 Å². The number of hydrogen-bond donors (Lipinski definition) is 2. The van der Waals surface area contributed by atoms with Crippen LogP contribution in [0, 0.1) is 6.92 Å². The van der Waals surface area contributed by atoms with Gasteiger partial charge in [0.15, 0.2) is 0 Å². The minimum Gasteiger partial charge on any atom is -0.490 e. The van der Waals surface area contributed by atoms with E-state index in [-0.39, 0.29) is 12.0 Å². The van der Waals surface area contributed by atoms with Crippen molar-refractivity contribution < 1.29 is 18.7 Å². The maximum Gasteiger partial charge on any atom is 0.255 e. The summed E-state index contributed by atoms with van der Waals surface area (Å²) in [6.07, 6.45) is 2.09. The van der Waals surface area contributed by atoms with Crippen molar-refractivity contribution in [2.75, 3.05) is 18.4 Å². The van der Waals surface area contributed by atoms with Gasteiger partial charge < -0.3 is 25.1 Å². The molecule has 0 saturated carbocycles. The van der Waals surface area contributed by atoms with Crippen LogP contribution in [0.2, 0.25) is 0 Å². The molecule has 0 aliphatic carbocycles. The molecule has 7 heteroatoms. The molecule has 3 N–H and O–H groups in total. The molecule has 1 saturated heterocycles. The normalized spacial score (nSPS) is 14.5. The number of furan rings is 1. The molecule has 0 unspecified atom stereocenters. The van der Waals surface area contributed by atoms with E-state index in [0.717, 1.165) is 53.4 Å². The van der Waals surface area contributed by atoms with Crippen molar-refractivity contribution in [1.29, 1.82) is 0 Å². The number of carbonyl (C=O) groups is 2. The lowest BCUT2D eigenvalue weighted by Crippen LogP contribution is -2.41. The van der Waals surface area contributed by atoms with Gasteiger partial charge in [0, 0.05) is 41.2 Å². The van der Waals surface area contributed by atoms with Gasteiger partial charge in [-0.2, -0.15) is 0 Å². The number of amides is 2. The molecule has 2 heterocycles. The van der Waals surface area contributed by atoms with Crippen LogP contribution in [0.1, 0.15) is 53.0 Å². The summed E-state index contributed by atoms with van der Waals surface area (Å²) in [5.41, 5.74) is 11.1. The first-order chi connectivity index (χ1) is 20.3. The molecule has 42 heavy (non-hydrogen) atoms. The van der Waals surface area contributed by atoms with E-state index in [1.54, 1.807) is 12.1 Å². The summed E-state index contributed by atoms with van der Waals surface area (Å²) in [4.78, 5) is 28.0. The Morgan fingerprint density at radius 2 is 1.76 bits per heavy atom. The summed E-state index contributed by atoms with van der Waals surface area (Å²) >= 11 is 0. The highest BCUT2D eigenvalue weighted by atomic mass is 16.5. The van der Waals surface area contributed by atoms with Gasteiger partial charge in [-0.1, -0.05) is 42.5 Å². The van der Waals surface area contributed by atoms with Crippen molar-refractivity contribution in [3.8, 4) is 16.9 Å². The van der Waals surface area contributed by atoms with E-state index in [4.69, 9.17) is 14.9 Å². The van der Waals surface area contributed by atoms with Crippen LogP contribution < -0.4 is 15.8 Å². The van der Waals surface area contributed by atoms with E-state index < -0.39 is 5.91 Å². The van der Waals surface area contributed by atoms with Crippen LogP contribution in [0.3, 0.4) is 0 Å². The SMILES string of the molecule is Cc1ccc(-c2ccc(C(N)=O)c3oc4ccccc4c23)cc1NC(=O)c1cccc(OC2CCN(C(C)C)CC2)c1. The topological polar surface area (TPSA) is 97.8 Å². The van der Waals surface area contributed by atoms with Crippen LogP contribution in [0.5, 0.6) is 5.75 Å². The fraction of sp³-hybridized carbons (Fsp3) is 0.257. The third-order valence-corrected chi connectivity index (χ3v) is 8.19. The number of fused-ring (bicyclic) bond motifs is 3. The minimum atomic E-state index is -0.547. The number of primary amides is 1. The van der Waals surface area contributed by atoms with Gasteiger partial charge >= 0.3 is 0 Å². The van der Waals surface area contributed by atoms with Crippen molar-refractivity contribution in [3.05, 3.63) is 95.6 Å². The molecular formula is C35H35N3O4. The lowest BCUT2D eigenvalue weighted by molar-refractivity contribution is 0.0840. The first-order valence-corrected chi connectivity index (χ1v) is 14.5. The van der Waals surface area contributed by atoms with Crippen LogP contribution in [0.4, 0.5) is 5.69 Å². The highest BCUT2D eigenvalue weighted by Gasteiger charge is 2.23. The standard InChI is InChI=1S/C35H35N3O4/c1-21(2)38-17-15-25(16-18-38)41-26-8-6-7-24(19-26)35(40)37-30-20-23(12-11-22(30)3)27-13-14-29(34(36)39)33-32(27)28-9-4-5-10-31(28)42-33/h4-14,19-21,25H,15-18H2,1-3H3,(H2,36,39)(H,37,40). The van der Waals surface area contributed by atoms with E-state index in [9.17, 15) is 9.59 Å². The third-order valence-electron chi connectivity index (χ3n) is 8.19. The maximum absolute atomic E-state index is 13.4. The molecule has 214 valence electrons. The van der Waals surface area contributed by atoms with Crippen LogP contribution >= 0.6 is 0 Å². The number of likely N-dealkylation sites (tertiary alicyclic amines) is 1. The predicted octanol–water partition coefficient (Wildman–Crippen LogP) is 7.16. The van der Waals surface area contributed by atoms with Gasteiger partial charge in [0.2, 0.25) is 0 Å². The zero-order chi connectivity index (χ0) is 29.4. The van der Waals surface area contributed by atoms with Crippen molar-refractivity contribution in [2.24, 2.45) is 5.73 Å². The number of aryl methyl sites for hydroxylation is 1. The highest BCUT2D eigenvalue weighted by molar-refractivity contribution is 6.18. The Hall–Kier alpha value is -4.62. The summed E-state index contributed by atoms with van der Waals surface area (Å²) in [5.74, 6) is -0.0482. The van der Waals surface area contributed by atoms with E-state index >= 15 is 0 Å². The third kappa shape index (κ3) is 5.35. The fourth-order valence-electron chi connectivity index (χ4n) is 5.79. The summed E-state index contributed by atoms with van der Waals surface area (Å²) < 4.78 is 12.4. The predicted molar refractivity (Wildman–Crippen MR) is 167 cm³/mol. The quantitative estimate of drug-likeness (QED) is 0.220. The molecule has 5 aromatic rings. The second-order valence-electron chi connectivity index (χ2n) is 11.3. The van der Waals surface area contributed by atoms with Gasteiger partial charge in [-0.15, -0.1) is 0 Å². The number of rotatable bonds is 7. The molecular weight excluding hydrogens is 526 g/mol. The van der Waals surface area contributed by atoms with Crippen LogP contribution in [-0.4, -0.2) is 41.9 Å². The number of hydrogen-bond acceptors (Lipinski definition) is 5. The van der Waals surface area contributed by atoms with Gasteiger partial charge in [0.25, 0.3) is 11.8 Å². The van der Waals surface area contributed by atoms with Crippen molar-refractivity contribution in [3.63, 3.8) is 0 Å². The largest absolute Gasteiger partial charge is 0.490 e. The molecule has 0 spiro atoms. The molecule has 1 aliphatic rings. The zero-order valence-electron chi connectivity index (χ0n) is 24.1. The van der Waals surface area contributed by atoms with Crippen LogP contribution in [0.25, 0.3) is 33.1 Å². The average Bonchev–Trinajstić information content (AvgIpc) is 3.38. The van der Waals surface area contributed by atoms with Crippen molar-refractivity contribution >= 4 is 39.4 Å². The molecule has 1 fully saturated rings. The highest BCUT2D eigenvalue weighted by Crippen LogP contribution is 2.39. The van der Waals surface area contributed by atoms with Crippen molar-refractivity contribution in [2.45, 2.75) is 45.8 Å². The van der Waals surface area contributed by atoms with E-state index in [1.165, 1.54) is 0 Å². The number of nitrogens with zero attached hydrogens (tertiary/aromatic N) is 1.